The highest BCUT2D eigenvalue weighted by molar-refractivity contribution is 7.15. The molecule has 0 bridgehead atoms. The Morgan fingerprint density at radius 2 is 1.86 bits per heavy atom. The van der Waals surface area contributed by atoms with E-state index in [9.17, 15) is 14.4 Å². The van der Waals surface area contributed by atoms with Crippen molar-refractivity contribution < 1.29 is 23.9 Å². The number of carbonyl (C=O) groups excluding carboxylic acids is 3. The minimum absolute atomic E-state index is 0.133. The smallest absolute Gasteiger partial charge is 0.350 e. The molecule has 0 saturated carbocycles. The van der Waals surface area contributed by atoms with E-state index >= 15 is 0 Å². The monoisotopic (exact) mass is 536 g/mol. The van der Waals surface area contributed by atoms with Crippen LogP contribution in [-0.2, 0) is 14.3 Å². The van der Waals surface area contributed by atoms with Crippen molar-refractivity contribution in [1.82, 2.24) is 4.90 Å². The lowest BCUT2D eigenvalue weighted by molar-refractivity contribution is -0.133. The fourth-order valence-electron chi connectivity index (χ4n) is 3.25. The molecule has 1 fully saturated rings. The zero-order chi connectivity index (χ0) is 25.8. The molecule has 0 atom stereocenters. The molecule has 0 aliphatic carbocycles. The Morgan fingerprint density at radius 1 is 1.17 bits per heavy atom. The third-order valence-corrected chi connectivity index (χ3v) is 6.57. The summed E-state index contributed by atoms with van der Waals surface area (Å²) >= 11 is 13.4. The predicted molar refractivity (Wildman–Crippen MR) is 138 cm³/mol. The molecule has 35 heavy (non-hydrogen) atoms. The molecule has 1 saturated heterocycles. The van der Waals surface area contributed by atoms with Crippen LogP contribution in [0.25, 0.3) is 0 Å². The number of rotatable bonds is 5. The van der Waals surface area contributed by atoms with Crippen molar-refractivity contribution in [3.63, 3.8) is 0 Å². The quantitative estimate of drug-likeness (QED) is 0.407. The van der Waals surface area contributed by atoms with Crippen LogP contribution in [0.3, 0.4) is 0 Å². The first-order valence-corrected chi connectivity index (χ1v) is 12.4. The Hall–Kier alpha value is -2.57. The number of esters is 1. The molecule has 2 aromatic rings. The summed E-state index contributed by atoms with van der Waals surface area (Å²) in [4.78, 5) is 43.1. The number of benzene rings is 1. The molecule has 0 spiro atoms. The third kappa shape index (κ3) is 6.98. The van der Waals surface area contributed by atoms with Gasteiger partial charge in [0.15, 0.2) is 0 Å². The number of morpholine rings is 1. The highest BCUT2D eigenvalue weighted by Crippen LogP contribution is 2.33. The second-order valence-corrected chi connectivity index (χ2v) is 10.7. The molecule has 1 aliphatic heterocycles. The molecule has 7 nitrogen and oxygen atoms in total. The number of thiophene rings is 1. The molecule has 0 unspecified atom stereocenters. The van der Waals surface area contributed by atoms with Crippen LogP contribution in [0.2, 0.25) is 10.0 Å². The number of amides is 2. The highest BCUT2D eigenvalue weighted by Gasteiger charge is 2.31. The van der Waals surface area contributed by atoms with Crippen molar-refractivity contribution in [2.45, 2.75) is 20.8 Å². The lowest BCUT2D eigenvalue weighted by Gasteiger charge is -2.30. The number of carbonyl (C=O) groups is 3. The minimum Gasteiger partial charge on any atom is -0.465 e. The molecule has 2 amide bonds. The molecule has 10 heteroatoms. The standard InChI is InChI=1S/C25H26Cl2N2O5S/c1-25(2,3)8-7-17-14-20(22(35-17)24(32)33-4)29(15-21(30)28-9-11-34-12-10-28)23(31)18-6-5-16(26)13-19(18)27/h5-6,13-14H,9-12,15H2,1-4H3. The van der Waals surface area contributed by atoms with Gasteiger partial charge in [-0.25, -0.2) is 4.79 Å². The van der Waals surface area contributed by atoms with Crippen LogP contribution >= 0.6 is 34.5 Å². The van der Waals surface area contributed by atoms with Gasteiger partial charge in [-0.2, -0.15) is 0 Å². The van der Waals surface area contributed by atoms with Crippen LogP contribution in [0.4, 0.5) is 5.69 Å². The van der Waals surface area contributed by atoms with Crippen molar-refractivity contribution in [3.8, 4) is 11.8 Å². The Balaban J connectivity index is 2.10. The van der Waals surface area contributed by atoms with E-state index in [0.717, 1.165) is 11.3 Å². The maximum absolute atomic E-state index is 13.7. The molecule has 0 radical (unpaired) electrons. The fourth-order valence-corrected chi connectivity index (χ4v) is 4.68. The van der Waals surface area contributed by atoms with Crippen LogP contribution in [-0.4, -0.2) is 62.6 Å². The number of hydrogen-bond acceptors (Lipinski definition) is 6. The van der Waals surface area contributed by atoms with Crippen LogP contribution in [0.15, 0.2) is 24.3 Å². The van der Waals surface area contributed by atoms with E-state index in [2.05, 4.69) is 11.8 Å². The molecular formula is C25H26Cl2N2O5S. The van der Waals surface area contributed by atoms with Gasteiger partial charge in [-0.05, 0) is 45.0 Å². The summed E-state index contributed by atoms with van der Waals surface area (Å²) in [5, 5.41) is 0.502. The van der Waals surface area contributed by atoms with Crippen LogP contribution < -0.4 is 4.90 Å². The van der Waals surface area contributed by atoms with Gasteiger partial charge in [-0.1, -0.05) is 35.0 Å². The molecule has 186 valence electrons. The summed E-state index contributed by atoms with van der Waals surface area (Å²) in [5.74, 6) is 4.72. The van der Waals surface area contributed by atoms with Gasteiger partial charge in [0.25, 0.3) is 5.91 Å². The number of ether oxygens (including phenoxy) is 2. The summed E-state index contributed by atoms with van der Waals surface area (Å²) in [7, 11) is 1.26. The maximum Gasteiger partial charge on any atom is 0.350 e. The van der Waals surface area contributed by atoms with Gasteiger partial charge < -0.3 is 14.4 Å². The van der Waals surface area contributed by atoms with Gasteiger partial charge in [0.05, 0.1) is 41.5 Å². The molecule has 2 heterocycles. The van der Waals surface area contributed by atoms with Gasteiger partial charge in [-0.3, -0.25) is 14.5 Å². The number of methoxy groups -OCH3 is 1. The first-order valence-electron chi connectivity index (χ1n) is 10.9. The van der Waals surface area contributed by atoms with Gasteiger partial charge in [0.1, 0.15) is 11.4 Å². The first kappa shape index (κ1) is 27.0. The topological polar surface area (TPSA) is 76.2 Å². The average molecular weight is 537 g/mol. The van der Waals surface area contributed by atoms with E-state index in [1.165, 1.54) is 30.2 Å². The van der Waals surface area contributed by atoms with E-state index < -0.39 is 11.9 Å². The zero-order valence-electron chi connectivity index (χ0n) is 19.9. The molecule has 3 rings (SSSR count). The van der Waals surface area contributed by atoms with Gasteiger partial charge in [-0.15, -0.1) is 11.3 Å². The van der Waals surface area contributed by atoms with E-state index in [0.29, 0.717) is 36.2 Å². The Morgan fingerprint density at radius 3 is 2.46 bits per heavy atom. The fraction of sp³-hybridized carbons (Fsp3) is 0.400. The predicted octanol–water partition coefficient (Wildman–Crippen LogP) is 4.74. The van der Waals surface area contributed by atoms with E-state index in [1.54, 1.807) is 11.0 Å². The second kappa shape index (κ2) is 11.4. The molecule has 0 N–H and O–H groups in total. The normalized spacial score (nSPS) is 13.6. The van der Waals surface area contributed by atoms with Crippen molar-refractivity contribution in [1.29, 1.82) is 0 Å². The molecule has 1 aromatic carbocycles. The van der Waals surface area contributed by atoms with E-state index in [4.69, 9.17) is 32.7 Å². The SMILES string of the molecule is COC(=O)c1sc(C#CC(C)(C)C)cc1N(CC(=O)N1CCOCC1)C(=O)c1ccc(Cl)cc1Cl. The number of halogens is 2. The van der Waals surface area contributed by atoms with E-state index in [1.807, 2.05) is 20.8 Å². The lowest BCUT2D eigenvalue weighted by Crippen LogP contribution is -2.47. The lowest BCUT2D eigenvalue weighted by atomic mass is 9.98. The van der Waals surface area contributed by atoms with Gasteiger partial charge in [0.2, 0.25) is 5.91 Å². The average Bonchev–Trinajstić information content (AvgIpc) is 3.24. The first-order chi connectivity index (χ1) is 16.5. The third-order valence-electron chi connectivity index (χ3n) is 5.00. The molecule has 1 aliphatic rings. The minimum atomic E-state index is -0.632. The Bertz CT molecular complexity index is 1190. The van der Waals surface area contributed by atoms with E-state index in [-0.39, 0.29) is 39.0 Å². The zero-order valence-corrected chi connectivity index (χ0v) is 22.3. The summed E-state index contributed by atoms with van der Waals surface area (Å²) in [5.41, 5.74) is 0.113. The Labute approximate surface area is 218 Å². The van der Waals surface area contributed by atoms with Crippen LogP contribution in [0.1, 0.15) is 45.7 Å². The molecular weight excluding hydrogens is 511 g/mol. The van der Waals surface area contributed by atoms with Crippen molar-refractivity contribution in [2.24, 2.45) is 5.41 Å². The summed E-state index contributed by atoms with van der Waals surface area (Å²) in [6.45, 7) is 7.27. The number of nitrogens with zero attached hydrogens (tertiary/aromatic N) is 2. The summed E-state index contributed by atoms with van der Waals surface area (Å²) in [6.07, 6.45) is 0. The van der Waals surface area contributed by atoms with Crippen molar-refractivity contribution in [3.05, 3.63) is 49.6 Å². The summed E-state index contributed by atoms with van der Waals surface area (Å²) < 4.78 is 10.3. The van der Waals surface area contributed by atoms with Crippen molar-refractivity contribution >= 4 is 58.0 Å². The highest BCUT2D eigenvalue weighted by atomic mass is 35.5. The van der Waals surface area contributed by atoms with Crippen molar-refractivity contribution in [2.75, 3.05) is 44.9 Å². The second-order valence-electron chi connectivity index (χ2n) is 8.83. The Kier molecular flexibility index (Phi) is 8.84. The summed E-state index contributed by atoms with van der Waals surface area (Å²) in [6, 6.07) is 6.11. The number of hydrogen-bond donors (Lipinski definition) is 0. The van der Waals surface area contributed by atoms with Crippen LogP contribution in [0.5, 0.6) is 0 Å². The number of anilines is 1. The molecule has 1 aromatic heterocycles. The maximum atomic E-state index is 13.7. The largest absolute Gasteiger partial charge is 0.465 e. The van der Waals surface area contributed by atoms with Crippen LogP contribution in [0, 0.1) is 17.3 Å². The van der Waals surface area contributed by atoms with Gasteiger partial charge >= 0.3 is 5.97 Å². The van der Waals surface area contributed by atoms with Gasteiger partial charge in [0, 0.05) is 23.5 Å².